The van der Waals surface area contributed by atoms with Gasteiger partial charge in [0, 0.05) is 38.0 Å². The minimum atomic E-state index is -0.00800. The Balaban J connectivity index is 1.31. The zero-order chi connectivity index (χ0) is 20.8. The smallest absolute Gasteiger partial charge is 0.257 e. The highest BCUT2D eigenvalue weighted by Gasteiger charge is 2.42. The van der Waals surface area contributed by atoms with Gasteiger partial charge in [-0.15, -0.1) is 15.3 Å². The number of methoxy groups -OCH3 is 2. The number of nitrogens with zero attached hydrogens (tertiary/aromatic N) is 6. The molecule has 3 aromatic rings. The predicted octanol–water partition coefficient (Wildman–Crippen LogP) is 1.66. The first kappa shape index (κ1) is 18.7. The van der Waals surface area contributed by atoms with E-state index < -0.39 is 0 Å². The van der Waals surface area contributed by atoms with Gasteiger partial charge in [0.25, 0.3) is 5.91 Å². The Bertz CT molecular complexity index is 1100. The number of ether oxygens (including phenoxy) is 2. The van der Waals surface area contributed by atoms with Crippen molar-refractivity contribution in [1.29, 1.82) is 0 Å². The Hall–Kier alpha value is -3.36. The fourth-order valence-corrected chi connectivity index (χ4v) is 4.63. The van der Waals surface area contributed by atoms with Crippen LogP contribution in [-0.4, -0.2) is 71.0 Å². The highest BCUT2D eigenvalue weighted by atomic mass is 16.5. The molecule has 0 bridgehead atoms. The molecule has 2 fully saturated rings. The molecule has 2 aliphatic heterocycles. The zero-order valence-electron chi connectivity index (χ0n) is 17.3. The quantitative estimate of drug-likeness (QED) is 0.649. The maximum atomic E-state index is 13.2. The summed E-state index contributed by atoms with van der Waals surface area (Å²) < 4.78 is 12.6. The summed E-state index contributed by atoms with van der Waals surface area (Å²) in [4.78, 5) is 17.4. The van der Waals surface area contributed by atoms with Crippen molar-refractivity contribution in [3.8, 4) is 11.5 Å². The van der Waals surface area contributed by atoms with Crippen molar-refractivity contribution in [2.75, 3.05) is 45.3 Å². The molecular weight excluding hydrogens is 384 g/mol. The van der Waals surface area contributed by atoms with Gasteiger partial charge in [0.15, 0.2) is 23.0 Å². The molecule has 9 nitrogen and oxygen atoms in total. The Morgan fingerprint density at radius 1 is 1.00 bits per heavy atom. The van der Waals surface area contributed by atoms with Crippen molar-refractivity contribution in [3.05, 3.63) is 41.7 Å². The van der Waals surface area contributed by atoms with Crippen LogP contribution in [0.3, 0.4) is 0 Å². The second-order valence-electron chi connectivity index (χ2n) is 7.89. The fourth-order valence-electron chi connectivity index (χ4n) is 4.63. The van der Waals surface area contributed by atoms with E-state index in [0.717, 1.165) is 43.5 Å². The van der Waals surface area contributed by atoms with Gasteiger partial charge in [-0.2, -0.15) is 4.52 Å². The molecule has 1 aromatic carbocycles. The largest absolute Gasteiger partial charge is 0.493 e. The van der Waals surface area contributed by atoms with Gasteiger partial charge in [-0.05, 0) is 31.2 Å². The van der Waals surface area contributed by atoms with E-state index in [0.29, 0.717) is 28.9 Å². The second kappa shape index (κ2) is 7.16. The van der Waals surface area contributed by atoms with Crippen molar-refractivity contribution in [3.63, 3.8) is 0 Å². The van der Waals surface area contributed by atoms with Crippen LogP contribution in [0.4, 0.5) is 5.82 Å². The summed E-state index contributed by atoms with van der Waals surface area (Å²) in [7, 11) is 3.14. The number of para-hydroxylation sites is 1. The summed E-state index contributed by atoms with van der Waals surface area (Å²) in [5.41, 5.74) is 1.29. The summed E-state index contributed by atoms with van der Waals surface area (Å²) in [6.45, 7) is 5.11. The molecule has 0 saturated carbocycles. The number of rotatable bonds is 4. The molecule has 0 N–H and O–H groups in total. The van der Waals surface area contributed by atoms with E-state index in [2.05, 4.69) is 15.1 Å². The lowest BCUT2D eigenvalue weighted by atomic mass is 10.0. The van der Waals surface area contributed by atoms with Gasteiger partial charge >= 0.3 is 0 Å². The summed E-state index contributed by atoms with van der Waals surface area (Å²) in [5, 5.41) is 12.9. The highest BCUT2D eigenvalue weighted by molar-refractivity contribution is 5.98. The van der Waals surface area contributed by atoms with E-state index >= 15 is 0 Å². The number of aromatic nitrogens is 4. The number of aryl methyl sites for hydroxylation is 1. The van der Waals surface area contributed by atoms with Crippen molar-refractivity contribution in [1.82, 2.24) is 24.7 Å². The van der Waals surface area contributed by atoms with Crippen LogP contribution < -0.4 is 14.4 Å². The Labute approximate surface area is 174 Å². The number of amides is 1. The Kier molecular flexibility index (Phi) is 4.45. The first-order valence-corrected chi connectivity index (χ1v) is 10.0. The van der Waals surface area contributed by atoms with E-state index in [-0.39, 0.29) is 5.91 Å². The summed E-state index contributed by atoms with van der Waals surface area (Å²) in [6, 6.07) is 9.36. The lowest BCUT2D eigenvalue weighted by molar-refractivity contribution is 0.0778. The molecular formula is C21H24N6O3. The molecule has 9 heteroatoms. The van der Waals surface area contributed by atoms with E-state index in [9.17, 15) is 4.79 Å². The molecule has 4 heterocycles. The minimum Gasteiger partial charge on any atom is -0.493 e. The SMILES string of the molecule is COc1cccc(C(=O)N2CC3CN(c4ccc5nnc(C)n5n4)CC3C2)c1OC. The molecule has 2 unspecified atom stereocenters. The number of carbonyl (C=O) groups excluding carboxylic acids is 1. The summed E-state index contributed by atoms with van der Waals surface area (Å²) >= 11 is 0. The molecule has 0 spiro atoms. The van der Waals surface area contributed by atoms with Gasteiger partial charge in [0.1, 0.15) is 5.82 Å². The van der Waals surface area contributed by atoms with Crippen LogP contribution in [0.15, 0.2) is 30.3 Å². The van der Waals surface area contributed by atoms with Gasteiger partial charge < -0.3 is 19.3 Å². The molecule has 2 aliphatic rings. The molecule has 30 heavy (non-hydrogen) atoms. The predicted molar refractivity (Wildman–Crippen MR) is 110 cm³/mol. The third-order valence-corrected chi connectivity index (χ3v) is 6.14. The van der Waals surface area contributed by atoms with Gasteiger partial charge in [0.2, 0.25) is 0 Å². The maximum Gasteiger partial charge on any atom is 0.257 e. The van der Waals surface area contributed by atoms with Crippen LogP contribution in [0.25, 0.3) is 5.65 Å². The number of benzene rings is 1. The van der Waals surface area contributed by atoms with Crippen molar-refractivity contribution >= 4 is 17.4 Å². The van der Waals surface area contributed by atoms with Gasteiger partial charge in [-0.25, -0.2) is 0 Å². The van der Waals surface area contributed by atoms with E-state index in [1.54, 1.807) is 30.9 Å². The molecule has 2 aromatic heterocycles. The molecule has 2 saturated heterocycles. The van der Waals surface area contributed by atoms with Crippen molar-refractivity contribution in [2.24, 2.45) is 11.8 Å². The van der Waals surface area contributed by atoms with Crippen molar-refractivity contribution in [2.45, 2.75) is 6.92 Å². The number of likely N-dealkylation sites (tertiary alicyclic amines) is 1. The van der Waals surface area contributed by atoms with Crippen molar-refractivity contribution < 1.29 is 14.3 Å². The first-order valence-electron chi connectivity index (χ1n) is 10.0. The van der Waals surface area contributed by atoms with Crippen LogP contribution >= 0.6 is 0 Å². The first-order chi connectivity index (χ1) is 14.6. The normalized spacial score (nSPS) is 20.6. The minimum absolute atomic E-state index is 0.00800. The van der Waals surface area contributed by atoms with Gasteiger partial charge in [-0.3, -0.25) is 4.79 Å². The van der Waals surface area contributed by atoms with Crippen LogP contribution in [0.5, 0.6) is 11.5 Å². The van der Waals surface area contributed by atoms with Crippen LogP contribution in [0.2, 0.25) is 0 Å². The maximum absolute atomic E-state index is 13.2. The third-order valence-electron chi connectivity index (χ3n) is 6.14. The number of fused-ring (bicyclic) bond motifs is 2. The second-order valence-corrected chi connectivity index (χ2v) is 7.89. The molecule has 2 atom stereocenters. The topological polar surface area (TPSA) is 85.1 Å². The number of hydrogen-bond acceptors (Lipinski definition) is 7. The van der Waals surface area contributed by atoms with Gasteiger partial charge in [0.05, 0.1) is 19.8 Å². The highest BCUT2D eigenvalue weighted by Crippen LogP contribution is 2.36. The number of hydrogen-bond donors (Lipinski definition) is 0. The number of anilines is 1. The number of carbonyl (C=O) groups is 1. The summed E-state index contributed by atoms with van der Waals surface area (Å²) in [5.74, 6) is 3.59. The molecule has 156 valence electrons. The lowest BCUT2D eigenvalue weighted by Gasteiger charge is -2.23. The van der Waals surface area contributed by atoms with E-state index in [1.807, 2.05) is 30.0 Å². The van der Waals surface area contributed by atoms with Gasteiger partial charge in [-0.1, -0.05) is 6.07 Å². The zero-order valence-corrected chi connectivity index (χ0v) is 17.3. The Morgan fingerprint density at radius 3 is 2.47 bits per heavy atom. The summed E-state index contributed by atoms with van der Waals surface area (Å²) in [6.07, 6.45) is 0. The van der Waals surface area contributed by atoms with Crippen LogP contribution in [0, 0.1) is 18.8 Å². The molecule has 1 amide bonds. The standard InChI is InChI=1S/C21H24N6O3/c1-13-22-23-18-7-8-19(24-27(13)18)25-9-14-11-26(12-15(14)10-25)21(28)16-5-4-6-17(29-2)20(16)30-3/h4-8,14-15H,9-12H2,1-3H3. The monoisotopic (exact) mass is 408 g/mol. The Morgan fingerprint density at radius 2 is 1.77 bits per heavy atom. The van der Waals surface area contributed by atoms with E-state index in [1.165, 1.54) is 0 Å². The fraction of sp³-hybridized carbons (Fsp3) is 0.429. The molecule has 0 aliphatic carbocycles. The third kappa shape index (κ3) is 2.92. The average Bonchev–Trinajstić information content (AvgIpc) is 3.45. The van der Waals surface area contributed by atoms with E-state index in [4.69, 9.17) is 14.6 Å². The average molecular weight is 408 g/mol. The van der Waals surface area contributed by atoms with Crippen LogP contribution in [-0.2, 0) is 0 Å². The molecule has 5 rings (SSSR count). The lowest BCUT2D eigenvalue weighted by Crippen LogP contribution is -2.33. The molecule has 0 radical (unpaired) electrons. The van der Waals surface area contributed by atoms with Crippen LogP contribution in [0.1, 0.15) is 16.2 Å².